The molecule has 0 saturated heterocycles. The molecular formula is C39H45CuN4O6. The first-order valence-electron chi connectivity index (χ1n) is 15.7. The van der Waals surface area contributed by atoms with Crippen LogP contribution in [0.2, 0.25) is 0 Å². The van der Waals surface area contributed by atoms with Crippen LogP contribution in [0.3, 0.4) is 0 Å². The van der Waals surface area contributed by atoms with Crippen LogP contribution in [0.25, 0.3) is 27.1 Å². The molecule has 0 bridgehead atoms. The maximum absolute atomic E-state index is 5.41. The maximum Gasteiger partial charge on any atom is 1.00 e. The molecule has 0 aliphatic heterocycles. The van der Waals surface area contributed by atoms with Crippen molar-refractivity contribution in [2.45, 2.75) is 40.8 Å². The van der Waals surface area contributed by atoms with E-state index in [1.54, 1.807) is 42.7 Å². The second-order valence-corrected chi connectivity index (χ2v) is 11.2. The standard InChI is InChI=1S/C25H33N2O6.C14H12N2.Cu/c1-16(26-14-18-10-20(28-3)24(32-7)21(11-18)29-4)9-17(2)27-15-19-12-22(30-5)25(33-8)23(13-19)31-6;1-9-3-5-11-7-8-12-6-4-10(2)16-14(12)13(11)15-9;/h9-13H,14-15H2,1-8H3;3-8H,1-2H3;/q-1;;+1/b16-9-,27-17?;;. The van der Waals surface area contributed by atoms with Crippen molar-refractivity contribution in [3.05, 3.63) is 100 Å². The fourth-order valence-corrected chi connectivity index (χ4v) is 5.24. The van der Waals surface area contributed by atoms with E-state index in [1.807, 2.05) is 70.2 Å². The first-order chi connectivity index (χ1) is 23.6. The van der Waals surface area contributed by atoms with Crippen LogP contribution in [0, 0.1) is 13.8 Å². The maximum atomic E-state index is 5.41. The van der Waals surface area contributed by atoms with Crippen molar-refractivity contribution in [1.82, 2.24) is 9.97 Å². The van der Waals surface area contributed by atoms with Crippen molar-refractivity contribution < 1.29 is 45.5 Å². The molecule has 0 spiro atoms. The van der Waals surface area contributed by atoms with E-state index in [0.29, 0.717) is 47.6 Å². The van der Waals surface area contributed by atoms with Gasteiger partial charge in [-0.05, 0) is 62.7 Å². The van der Waals surface area contributed by atoms with Crippen molar-refractivity contribution in [3.8, 4) is 34.5 Å². The third-order valence-electron chi connectivity index (χ3n) is 7.69. The Morgan fingerprint density at radius 1 is 0.620 bits per heavy atom. The Balaban J connectivity index is 0.000000329. The topological polar surface area (TPSA) is 108 Å². The van der Waals surface area contributed by atoms with Gasteiger partial charge in [0.25, 0.3) is 0 Å². The van der Waals surface area contributed by atoms with E-state index in [4.69, 9.17) is 28.4 Å². The molecule has 0 aliphatic carbocycles. The molecule has 2 heterocycles. The molecule has 5 aromatic rings. The quantitative estimate of drug-likeness (QED) is 0.0715. The van der Waals surface area contributed by atoms with Gasteiger partial charge in [0.05, 0.1) is 60.2 Å². The number of aryl methyl sites for hydroxylation is 2. The predicted octanol–water partition coefficient (Wildman–Crippen LogP) is 8.57. The molecule has 11 heteroatoms. The van der Waals surface area contributed by atoms with Crippen LogP contribution in [-0.2, 0) is 30.2 Å². The molecule has 10 nitrogen and oxygen atoms in total. The Kier molecular flexibility index (Phi) is 14.7. The molecule has 0 N–H and O–H groups in total. The van der Waals surface area contributed by atoms with Crippen molar-refractivity contribution in [2.75, 3.05) is 42.7 Å². The third-order valence-corrected chi connectivity index (χ3v) is 7.69. The number of hydrogen-bond acceptors (Lipinski definition) is 9. The summed E-state index contributed by atoms with van der Waals surface area (Å²) in [5, 5.41) is 6.94. The van der Waals surface area contributed by atoms with Crippen LogP contribution in [0.5, 0.6) is 34.5 Å². The summed E-state index contributed by atoms with van der Waals surface area (Å²) in [5.41, 5.74) is 7.67. The molecule has 0 radical (unpaired) electrons. The van der Waals surface area contributed by atoms with Gasteiger partial charge in [0.15, 0.2) is 23.0 Å². The zero-order valence-electron chi connectivity index (χ0n) is 30.3. The van der Waals surface area contributed by atoms with Gasteiger partial charge in [-0.15, -0.1) is 6.54 Å². The fourth-order valence-electron chi connectivity index (χ4n) is 5.24. The van der Waals surface area contributed by atoms with Crippen molar-refractivity contribution >= 4 is 27.5 Å². The first-order valence-corrected chi connectivity index (χ1v) is 15.7. The van der Waals surface area contributed by atoms with Crippen LogP contribution >= 0.6 is 0 Å². The molecular weight excluding hydrogens is 684 g/mol. The van der Waals surface area contributed by atoms with E-state index in [9.17, 15) is 0 Å². The molecule has 0 atom stereocenters. The molecule has 0 saturated carbocycles. The van der Waals surface area contributed by atoms with Gasteiger partial charge in [-0.3, -0.25) is 15.0 Å². The number of methoxy groups -OCH3 is 6. The van der Waals surface area contributed by atoms with Crippen molar-refractivity contribution in [3.63, 3.8) is 0 Å². The predicted molar refractivity (Wildman–Crippen MR) is 196 cm³/mol. The molecule has 0 fully saturated rings. The monoisotopic (exact) mass is 728 g/mol. The Labute approximate surface area is 305 Å². The van der Waals surface area contributed by atoms with Gasteiger partial charge in [-0.1, -0.05) is 42.8 Å². The molecule has 50 heavy (non-hydrogen) atoms. The first kappa shape index (κ1) is 39.4. The number of pyridine rings is 2. The summed E-state index contributed by atoms with van der Waals surface area (Å²) in [4.78, 5) is 13.8. The van der Waals surface area contributed by atoms with Gasteiger partial charge in [0, 0.05) is 27.9 Å². The molecule has 0 amide bonds. The number of benzene rings is 3. The summed E-state index contributed by atoms with van der Waals surface area (Å²) in [5.74, 6) is 3.54. The van der Waals surface area contributed by atoms with Crippen molar-refractivity contribution in [1.29, 1.82) is 0 Å². The smallest absolute Gasteiger partial charge is 0.684 e. The Morgan fingerprint density at radius 3 is 1.42 bits per heavy atom. The van der Waals surface area contributed by atoms with E-state index in [0.717, 1.165) is 55.7 Å². The zero-order valence-corrected chi connectivity index (χ0v) is 31.2. The van der Waals surface area contributed by atoms with E-state index in [-0.39, 0.29) is 17.1 Å². The Morgan fingerprint density at radius 2 is 1.02 bits per heavy atom. The number of rotatable bonds is 12. The van der Waals surface area contributed by atoms with Crippen molar-refractivity contribution in [2.24, 2.45) is 4.99 Å². The van der Waals surface area contributed by atoms with Gasteiger partial charge in [0.1, 0.15) is 0 Å². The second kappa shape index (κ2) is 18.7. The average molecular weight is 729 g/mol. The minimum Gasteiger partial charge on any atom is -0.684 e. The van der Waals surface area contributed by atoms with Crippen LogP contribution in [-0.4, -0.2) is 58.3 Å². The summed E-state index contributed by atoms with van der Waals surface area (Å²) in [6.07, 6.45) is 1.94. The average Bonchev–Trinajstić information content (AvgIpc) is 3.12. The van der Waals surface area contributed by atoms with Gasteiger partial charge >= 0.3 is 17.1 Å². The number of ether oxygens (including phenoxy) is 6. The summed E-state index contributed by atoms with van der Waals surface area (Å²) in [6, 6.07) is 20.0. The summed E-state index contributed by atoms with van der Waals surface area (Å²) >= 11 is 0. The van der Waals surface area contributed by atoms with Gasteiger partial charge < -0.3 is 33.7 Å². The second-order valence-electron chi connectivity index (χ2n) is 11.2. The molecule has 3 aromatic carbocycles. The molecule has 2 aromatic heterocycles. The minimum atomic E-state index is 0. The number of aromatic nitrogens is 2. The van der Waals surface area contributed by atoms with Crippen LogP contribution in [0.4, 0.5) is 0 Å². The van der Waals surface area contributed by atoms with E-state index >= 15 is 0 Å². The fraction of sp³-hybridized carbons (Fsp3) is 0.308. The Hall–Kier alpha value is -4.99. The molecule has 268 valence electrons. The number of nitrogens with zero attached hydrogens (tertiary/aromatic N) is 4. The summed E-state index contributed by atoms with van der Waals surface area (Å²) in [6.45, 7) is 8.84. The number of allylic oxidation sites excluding steroid dienone is 2. The molecule has 5 rings (SSSR count). The van der Waals surface area contributed by atoms with Crippen LogP contribution in [0.15, 0.2) is 77.4 Å². The third kappa shape index (κ3) is 9.80. The normalized spacial score (nSPS) is 11.2. The zero-order chi connectivity index (χ0) is 35.5. The van der Waals surface area contributed by atoms with E-state index < -0.39 is 0 Å². The minimum absolute atomic E-state index is 0. The van der Waals surface area contributed by atoms with Crippen LogP contribution < -0.4 is 28.4 Å². The Bertz CT molecular complexity index is 1870. The summed E-state index contributed by atoms with van der Waals surface area (Å²) < 4.78 is 32.4. The summed E-state index contributed by atoms with van der Waals surface area (Å²) in [7, 11) is 9.54. The van der Waals surface area contributed by atoms with E-state index in [2.05, 4.69) is 44.5 Å². The SMILES string of the molecule is COc1cc(CN=C(C)/C=C(/C)[N-]Cc2cc(OC)c(OC)c(OC)c2)cc(OC)c1OC.Cc1ccc2ccc3ccc(C)nc3c2n1.[Cu+]. The number of hydrogen-bond donors (Lipinski definition) is 0. The van der Waals surface area contributed by atoms with Gasteiger partial charge in [-0.25, -0.2) is 0 Å². The molecule has 0 aliphatic rings. The molecule has 0 unspecified atom stereocenters. The van der Waals surface area contributed by atoms with Gasteiger partial charge in [-0.2, -0.15) is 5.70 Å². The van der Waals surface area contributed by atoms with E-state index in [1.165, 1.54) is 0 Å². The van der Waals surface area contributed by atoms with Gasteiger partial charge in [0.2, 0.25) is 11.5 Å². The van der Waals surface area contributed by atoms with Crippen LogP contribution in [0.1, 0.15) is 36.4 Å². The largest absolute Gasteiger partial charge is 1.00 e. The number of fused-ring (bicyclic) bond motifs is 3. The number of aliphatic imine (C=N–C) groups is 1.